The molecule has 16 heteroatoms. The molecule has 0 saturated carbocycles. The van der Waals surface area contributed by atoms with Crippen LogP contribution < -0.4 is 14.8 Å². The van der Waals surface area contributed by atoms with Gasteiger partial charge in [0.1, 0.15) is 24.4 Å². The summed E-state index contributed by atoms with van der Waals surface area (Å²) in [7, 11) is 3.17. The van der Waals surface area contributed by atoms with Gasteiger partial charge in [-0.15, -0.1) is 0 Å². The Labute approximate surface area is 356 Å². The van der Waals surface area contributed by atoms with Gasteiger partial charge in [-0.25, -0.2) is 24.1 Å². The normalized spacial score (nSPS) is 15.8. The number of ether oxygens (including phenoxy) is 3. The molecule has 6 aromatic rings. The zero-order valence-corrected chi connectivity index (χ0v) is 35.2. The summed E-state index contributed by atoms with van der Waals surface area (Å²) in [5, 5.41) is 11.7. The van der Waals surface area contributed by atoms with E-state index in [0.717, 1.165) is 11.1 Å². The van der Waals surface area contributed by atoms with Crippen LogP contribution in [0.1, 0.15) is 69.0 Å². The number of aromatic nitrogens is 5. The van der Waals surface area contributed by atoms with Gasteiger partial charge in [-0.05, 0) is 65.3 Å². The first-order valence-corrected chi connectivity index (χ1v) is 19.8. The molecule has 0 saturated heterocycles. The van der Waals surface area contributed by atoms with Crippen LogP contribution in [0, 0.1) is 5.41 Å². The van der Waals surface area contributed by atoms with Crippen LogP contribution in [0.15, 0.2) is 115 Å². The molecule has 0 unspecified atom stereocenters. The minimum absolute atomic E-state index is 0.00515. The first-order valence-electron chi connectivity index (χ1n) is 19.4. The maximum absolute atomic E-state index is 15.3. The van der Waals surface area contributed by atoms with Crippen molar-refractivity contribution in [3.8, 4) is 34.0 Å². The van der Waals surface area contributed by atoms with E-state index in [4.69, 9.17) is 35.9 Å². The van der Waals surface area contributed by atoms with Crippen LogP contribution in [0.4, 0.5) is 13.6 Å². The number of amides is 2. The Morgan fingerprint density at radius 3 is 2.38 bits per heavy atom. The van der Waals surface area contributed by atoms with Crippen LogP contribution in [0.3, 0.4) is 0 Å². The molecule has 2 atom stereocenters. The summed E-state index contributed by atoms with van der Waals surface area (Å²) in [5.41, 5.74) is 2.53. The topological polar surface area (TPSA) is 138 Å². The number of aliphatic imine (C=N–C) groups is 1. The quantitative estimate of drug-likeness (QED) is 0.121. The van der Waals surface area contributed by atoms with Crippen molar-refractivity contribution >= 4 is 29.6 Å². The average molecular weight is 851 g/mol. The van der Waals surface area contributed by atoms with Crippen molar-refractivity contribution < 1.29 is 32.6 Å². The summed E-state index contributed by atoms with van der Waals surface area (Å²) in [4.78, 5) is 39.9. The number of alkyl carbamates (subject to hydrolysis) is 1. The van der Waals surface area contributed by atoms with E-state index in [1.807, 2.05) is 76.2 Å². The molecule has 1 aliphatic rings. The highest BCUT2D eigenvalue weighted by atomic mass is 35.5. The van der Waals surface area contributed by atoms with Gasteiger partial charge in [0.15, 0.2) is 11.4 Å². The number of rotatable bonds is 13. The van der Waals surface area contributed by atoms with Crippen LogP contribution in [0.25, 0.3) is 22.5 Å². The smallest absolute Gasteiger partial charge is 0.414 e. The number of halogens is 3. The molecule has 4 aromatic carbocycles. The van der Waals surface area contributed by atoms with E-state index in [2.05, 4.69) is 15.4 Å². The minimum atomic E-state index is -2.79. The number of carbonyl (C=O) groups excluding carboxylic acids is 2. The number of nitrogens with one attached hydrogen (secondary N) is 1. The lowest BCUT2D eigenvalue weighted by Crippen LogP contribution is -2.48. The van der Waals surface area contributed by atoms with Gasteiger partial charge in [0.25, 0.3) is 5.91 Å². The van der Waals surface area contributed by atoms with Crippen molar-refractivity contribution in [3.63, 3.8) is 0 Å². The van der Waals surface area contributed by atoms with Crippen molar-refractivity contribution in [2.75, 3.05) is 14.2 Å². The number of methoxy groups -OCH3 is 2. The molecule has 7 rings (SSSR count). The number of carbonyl (C=O) groups is 2. The number of alkyl halides is 2. The summed E-state index contributed by atoms with van der Waals surface area (Å²) in [6.45, 7) is 5.40. The molecular formula is C45H45ClF2N8O5. The van der Waals surface area contributed by atoms with Gasteiger partial charge in [0, 0.05) is 29.0 Å². The van der Waals surface area contributed by atoms with E-state index in [1.54, 1.807) is 67.7 Å². The zero-order chi connectivity index (χ0) is 43.5. The van der Waals surface area contributed by atoms with Crippen LogP contribution in [-0.2, 0) is 28.2 Å². The van der Waals surface area contributed by atoms with Gasteiger partial charge in [-0.2, -0.15) is 19.0 Å². The number of nitrogens with zero attached hydrogens (tertiary/aromatic N) is 7. The van der Waals surface area contributed by atoms with Gasteiger partial charge in [0.05, 0.1) is 38.0 Å². The fraction of sp³-hybridized carbons (Fsp3) is 0.289. The van der Waals surface area contributed by atoms with Crippen LogP contribution in [0.5, 0.6) is 11.5 Å². The van der Waals surface area contributed by atoms with Gasteiger partial charge in [-0.1, -0.05) is 93.0 Å². The van der Waals surface area contributed by atoms with E-state index < -0.39 is 29.6 Å². The first kappa shape index (κ1) is 42.5. The van der Waals surface area contributed by atoms with Crippen molar-refractivity contribution in [3.05, 3.63) is 137 Å². The average Bonchev–Trinajstić information content (AvgIpc) is 3.99. The molecule has 0 fully saturated rings. The largest absolute Gasteiger partial charge is 0.497 e. The number of hydrogen-bond acceptors (Lipinski definition) is 9. The third-order valence-electron chi connectivity index (χ3n) is 10.3. The molecule has 0 radical (unpaired) electrons. The van der Waals surface area contributed by atoms with E-state index in [-0.39, 0.29) is 24.9 Å². The molecule has 61 heavy (non-hydrogen) atoms. The number of benzene rings is 4. The SMILES string of the molecule is COc1ccc(Cn2cnc(-c3cc([C@H](C)N4C(=O)[C@@](CC(C)(C)C)(c5ccc(-c6cnn(C(F)F)c6)cc5)N=C4NC(=O)OCc4ccccc4)ccc3Cl)n2)c(OC)c1. The molecule has 316 valence electrons. The maximum atomic E-state index is 15.3. The predicted molar refractivity (Wildman–Crippen MR) is 226 cm³/mol. The Morgan fingerprint density at radius 2 is 1.70 bits per heavy atom. The first-order chi connectivity index (χ1) is 29.2. The molecule has 0 spiro atoms. The van der Waals surface area contributed by atoms with Gasteiger partial charge >= 0.3 is 12.6 Å². The summed E-state index contributed by atoms with van der Waals surface area (Å²) in [5.74, 6) is 1.26. The Balaban J connectivity index is 1.24. The van der Waals surface area contributed by atoms with Gasteiger partial charge in [-0.3, -0.25) is 15.0 Å². The Kier molecular flexibility index (Phi) is 12.2. The fourth-order valence-electron chi connectivity index (χ4n) is 7.36. The summed E-state index contributed by atoms with van der Waals surface area (Å²) in [6, 6.07) is 26.4. The highest BCUT2D eigenvalue weighted by Crippen LogP contribution is 2.46. The van der Waals surface area contributed by atoms with Gasteiger partial charge in [0.2, 0.25) is 5.96 Å². The summed E-state index contributed by atoms with van der Waals surface area (Å²) in [6.07, 6.45) is 3.67. The van der Waals surface area contributed by atoms with Crippen molar-refractivity contribution in [1.82, 2.24) is 34.8 Å². The minimum Gasteiger partial charge on any atom is -0.497 e. The molecular weight excluding hydrogens is 806 g/mol. The lowest BCUT2D eigenvalue weighted by molar-refractivity contribution is -0.134. The zero-order valence-electron chi connectivity index (χ0n) is 34.5. The third-order valence-corrected chi connectivity index (χ3v) is 10.6. The highest BCUT2D eigenvalue weighted by Gasteiger charge is 2.53. The van der Waals surface area contributed by atoms with Crippen LogP contribution in [-0.4, -0.2) is 61.6 Å². The molecule has 0 bridgehead atoms. The molecule has 3 heterocycles. The maximum Gasteiger partial charge on any atom is 0.414 e. The highest BCUT2D eigenvalue weighted by molar-refractivity contribution is 6.33. The van der Waals surface area contributed by atoms with E-state index >= 15 is 4.79 Å². The second-order valence-electron chi connectivity index (χ2n) is 15.8. The molecule has 13 nitrogen and oxygen atoms in total. The van der Waals surface area contributed by atoms with Gasteiger partial charge < -0.3 is 14.2 Å². The standard InChI is InChI=1S/C45H45ClF2N8O5/c1-28(31-15-19-37(46)36(20-31)39-49-27-54(53-39)23-32-14-18-35(59-5)21-38(32)60-6)56-40(57)45(26-44(2,3)4,52-42(56)51-43(58)61-25-29-10-8-7-9-11-29)34-16-12-30(13-17-34)33-22-50-55(24-33)41(47)48/h7-22,24,27-28,41H,23,25-26H2,1-6H3,(H,51,52,58)/t28-,45+/m0/s1. The summed E-state index contributed by atoms with van der Waals surface area (Å²) >= 11 is 6.79. The molecule has 2 amide bonds. The van der Waals surface area contributed by atoms with Crippen LogP contribution in [0.2, 0.25) is 5.02 Å². The van der Waals surface area contributed by atoms with Crippen molar-refractivity contribution in [1.29, 1.82) is 0 Å². The Morgan fingerprint density at radius 1 is 0.951 bits per heavy atom. The van der Waals surface area contributed by atoms with Crippen LogP contribution >= 0.6 is 11.6 Å². The monoisotopic (exact) mass is 850 g/mol. The second kappa shape index (κ2) is 17.5. The lowest BCUT2D eigenvalue weighted by atomic mass is 9.75. The van der Waals surface area contributed by atoms with E-state index in [1.165, 1.54) is 17.3 Å². The van der Waals surface area contributed by atoms with Crippen molar-refractivity contribution in [2.45, 2.75) is 65.4 Å². The number of hydrogen-bond donors (Lipinski definition) is 1. The fourth-order valence-corrected chi connectivity index (χ4v) is 7.56. The molecule has 1 aliphatic heterocycles. The Hall–Kier alpha value is -6.61. The lowest BCUT2D eigenvalue weighted by Gasteiger charge is -2.34. The third kappa shape index (κ3) is 9.26. The number of guanidine groups is 1. The molecule has 2 aromatic heterocycles. The Bertz CT molecular complexity index is 2560. The molecule has 1 N–H and O–H groups in total. The molecule has 0 aliphatic carbocycles. The predicted octanol–water partition coefficient (Wildman–Crippen LogP) is 9.44. The van der Waals surface area contributed by atoms with E-state index in [0.29, 0.717) is 61.4 Å². The van der Waals surface area contributed by atoms with E-state index in [9.17, 15) is 13.6 Å². The summed E-state index contributed by atoms with van der Waals surface area (Å²) < 4.78 is 45.4. The van der Waals surface area contributed by atoms with Crippen molar-refractivity contribution in [2.24, 2.45) is 10.4 Å². The second-order valence-corrected chi connectivity index (χ2v) is 16.2.